The second-order valence-corrected chi connectivity index (χ2v) is 11.8. The van der Waals surface area contributed by atoms with Gasteiger partial charge in [0, 0.05) is 37.8 Å². The number of carbonyl (C=O) groups excluding carboxylic acids is 1. The standard InChI is InChI=1S/C24H27N5O3S2/c1-18(33-24-26-25-22(19-12-13-19)29(24)20-8-4-2-5-9-20)23(30)27-14-16-28(17-15-27)34(31,32)21-10-6-3-7-11-21/h2-11,18-19H,12-17H2,1H3/t18-/m1/s1. The highest BCUT2D eigenvalue weighted by Gasteiger charge is 2.34. The minimum atomic E-state index is -3.55. The molecule has 5 rings (SSSR count). The Labute approximate surface area is 204 Å². The molecule has 1 aromatic heterocycles. The van der Waals surface area contributed by atoms with Crippen molar-refractivity contribution in [3.63, 3.8) is 0 Å². The zero-order valence-corrected chi connectivity index (χ0v) is 20.6. The van der Waals surface area contributed by atoms with Crippen LogP contribution < -0.4 is 0 Å². The van der Waals surface area contributed by atoms with E-state index in [0.717, 1.165) is 24.4 Å². The molecule has 2 heterocycles. The maximum atomic E-state index is 13.2. The molecule has 1 saturated carbocycles. The van der Waals surface area contributed by atoms with Gasteiger partial charge in [0.25, 0.3) is 0 Å². The van der Waals surface area contributed by atoms with Gasteiger partial charge in [-0.2, -0.15) is 4.31 Å². The lowest BCUT2D eigenvalue weighted by molar-refractivity contribution is -0.131. The first-order valence-electron chi connectivity index (χ1n) is 11.5. The summed E-state index contributed by atoms with van der Waals surface area (Å²) < 4.78 is 29.3. The molecule has 3 aromatic rings. The molecule has 0 radical (unpaired) electrons. The summed E-state index contributed by atoms with van der Waals surface area (Å²) in [6.07, 6.45) is 2.22. The van der Waals surface area contributed by atoms with E-state index in [1.807, 2.05) is 37.3 Å². The van der Waals surface area contributed by atoms with Crippen LogP contribution >= 0.6 is 11.8 Å². The Morgan fingerprint density at radius 1 is 0.941 bits per heavy atom. The minimum absolute atomic E-state index is 0.0163. The van der Waals surface area contributed by atoms with Crippen molar-refractivity contribution in [1.82, 2.24) is 24.0 Å². The van der Waals surface area contributed by atoms with E-state index < -0.39 is 10.0 Å². The van der Waals surface area contributed by atoms with Crippen LogP contribution in [-0.2, 0) is 14.8 Å². The number of para-hydroxylation sites is 1. The molecule has 178 valence electrons. The molecule has 1 amide bonds. The Hall–Kier alpha value is -2.69. The van der Waals surface area contributed by atoms with Crippen LogP contribution in [0.25, 0.3) is 5.69 Å². The molecule has 2 aliphatic rings. The van der Waals surface area contributed by atoms with Crippen LogP contribution in [0.1, 0.15) is 31.5 Å². The van der Waals surface area contributed by atoms with Gasteiger partial charge in [-0.05, 0) is 44.0 Å². The summed E-state index contributed by atoms with van der Waals surface area (Å²) in [6.45, 7) is 3.18. The van der Waals surface area contributed by atoms with E-state index in [1.54, 1.807) is 35.2 Å². The molecular weight excluding hydrogens is 470 g/mol. The normalized spacial score (nSPS) is 18.1. The van der Waals surface area contributed by atoms with E-state index in [1.165, 1.54) is 16.1 Å². The van der Waals surface area contributed by atoms with Gasteiger partial charge >= 0.3 is 0 Å². The fourth-order valence-corrected chi connectivity index (χ4v) is 6.54. The number of aromatic nitrogens is 3. The lowest BCUT2D eigenvalue weighted by atomic mass is 10.3. The van der Waals surface area contributed by atoms with Crippen molar-refractivity contribution in [3.8, 4) is 5.69 Å². The topological polar surface area (TPSA) is 88.4 Å². The van der Waals surface area contributed by atoms with E-state index in [-0.39, 0.29) is 29.1 Å². The molecule has 34 heavy (non-hydrogen) atoms. The van der Waals surface area contributed by atoms with Crippen LogP contribution in [0.2, 0.25) is 0 Å². The highest BCUT2D eigenvalue weighted by molar-refractivity contribution is 8.00. The van der Waals surface area contributed by atoms with E-state index in [4.69, 9.17) is 0 Å². The summed E-state index contributed by atoms with van der Waals surface area (Å²) in [4.78, 5) is 15.2. The number of piperazine rings is 1. The van der Waals surface area contributed by atoms with E-state index in [9.17, 15) is 13.2 Å². The SMILES string of the molecule is C[C@@H](Sc1nnc(C2CC2)n1-c1ccccc1)C(=O)N1CCN(S(=O)(=O)c2ccccc2)CC1. The van der Waals surface area contributed by atoms with Crippen LogP contribution in [0.4, 0.5) is 0 Å². The predicted octanol–water partition coefficient (Wildman–Crippen LogP) is 3.16. The van der Waals surface area contributed by atoms with Gasteiger partial charge in [0.2, 0.25) is 15.9 Å². The van der Waals surface area contributed by atoms with Gasteiger partial charge in [-0.25, -0.2) is 8.42 Å². The first-order chi connectivity index (χ1) is 16.4. The van der Waals surface area contributed by atoms with Gasteiger partial charge < -0.3 is 4.90 Å². The first kappa shape index (κ1) is 23.1. The zero-order valence-electron chi connectivity index (χ0n) is 18.9. The Bertz CT molecular complexity index is 1250. The van der Waals surface area contributed by atoms with Crippen molar-refractivity contribution in [2.75, 3.05) is 26.2 Å². The average Bonchev–Trinajstić information content (AvgIpc) is 3.64. The second kappa shape index (κ2) is 9.52. The van der Waals surface area contributed by atoms with Crippen molar-refractivity contribution in [3.05, 3.63) is 66.5 Å². The van der Waals surface area contributed by atoms with Gasteiger partial charge in [0.05, 0.1) is 10.1 Å². The Kier molecular flexibility index (Phi) is 6.46. The van der Waals surface area contributed by atoms with Crippen molar-refractivity contribution >= 4 is 27.7 Å². The van der Waals surface area contributed by atoms with Gasteiger partial charge in [-0.15, -0.1) is 10.2 Å². The van der Waals surface area contributed by atoms with Gasteiger partial charge in [0.1, 0.15) is 5.82 Å². The Morgan fingerprint density at radius 2 is 1.56 bits per heavy atom. The molecule has 0 bridgehead atoms. The lowest BCUT2D eigenvalue weighted by Gasteiger charge is -2.35. The number of hydrogen-bond acceptors (Lipinski definition) is 6. The number of benzene rings is 2. The third kappa shape index (κ3) is 4.62. The number of nitrogens with zero attached hydrogens (tertiary/aromatic N) is 5. The number of thioether (sulfide) groups is 1. The van der Waals surface area contributed by atoms with Crippen LogP contribution in [0.3, 0.4) is 0 Å². The minimum Gasteiger partial charge on any atom is -0.339 e. The van der Waals surface area contributed by atoms with Crippen LogP contribution in [0.5, 0.6) is 0 Å². The molecule has 2 fully saturated rings. The summed E-state index contributed by atoms with van der Waals surface area (Å²) in [7, 11) is -3.55. The molecule has 1 atom stereocenters. The Balaban J connectivity index is 1.26. The quantitative estimate of drug-likeness (QED) is 0.466. The highest BCUT2D eigenvalue weighted by atomic mass is 32.2. The van der Waals surface area contributed by atoms with Crippen molar-refractivity contribution in [2.24, 2.45) is 0 Å². The summed E-state index contributed by atoms with van der Waals surface area (Å²) in [5, 5.41) is 9.20. The Morgan fingerprint density at radius 3 is 2.18 bits per heavy atom. The molecular formula is C24H27N5O3S2. The summed E-state index contributed by atoms with van der Waals surface area (Å²) in [5.74, 6) is 1.36. The molecule has 1 aliphatic carbocycles. The average molecular weight is 498 g/mol. The summed E-state index contributed by atoms with van der Waals surface area (Å²) in [6, 6.07) is 18.4. The van der Waals surface area contributed by atoms with Crippen molar-refractivity contribution < 1.29 is 13.2 Å². The lowest BCUT2D eigenvalue weighted by Crippen LogP contribution is -2.52. The molecule has 0 spiro atoms. The molecule has 0 N–H and O–H groups in total. The maximum absolute atomic E-state index is 13.2. The number of hydrogen-bond donors (Lipinski definition) is 0. The maximum Gasteiger partial charge on any atom is 0.243 e. The van der Waals surface area contributed by atoms with E-state index >= 15 is 0 Å². The smallest absolute Gasteiger partial charge is 0.243 e. The first-order valence-corrected chi connectivity index (χ1v) is 13.8. The number of sulfonamides is 1. The van der Waals surface area contributed by atoms with Crippen LogP contribution in [0.15, 0.2) is 70.7 Å². The van der Waals surface area contributed by atoms with Gasteiger partial charge in [0.15, 0.2) is 5.16 Å². The summed E-state index contributed by atoms with van der Waals surface area (Å²) in [5.41, 5.74) is 0.997. The summed E-state index contributed by atoms with van der Waals surface area (Å²) >= 11 is 1.40. The largest absolute Gasteiger partial charge is 0.339 e. The third-order valence-corrected chi connectivity index (χ3v) is 9.12. The predicted molar refractivity (Wildman–Crippen MR) is 130 cm³/mol. The monoisotopic (exact) mass is 497 g/mol. The number of rotatable bonds is 7. The third-order valence-electron chi connectivity index (χ3n) is 6.18. The molecule has 10 heteroatoms. The molecule has 2 aromatic carbocycles. The van der Waals surface area contributed by atoms with Crippen molar-refractivity contribution in [1.29, 1.82) is 0 Å². The van der Waals surface area contributed by atoms with Gasteiger partial charge in [-0.3, -0.25) is 9.36 Å². The molecule has 0 unspecified atom stereocenters. The van der Waals surface area contributed by atoms with E-state index in [0.29, 0.717) is 24.2 Å². The fraction of sp³-hybridized carbons (Fsp3) is 0.375. The molecule has 8 nitrogen and oxygen atoms in total. The highest BCUT2D eigenvalue weighted by Crippen LogP contribution is 2.41. The second-order valence-electron chi connectivity index (χ2n) is 8.59. The van der Waals surface area contributed by atoms with Crippen LogP contribution in [0, 0.1) is 0 Å². The van der Waals surface area contributed by atoms with Gasteiger partial charge in [-0.1, -0.05) is 48.2 Å². The molecule has 1 saturated heterocycles. The number of carbonyl (C=O) groups is 1. The fourth-order valence-electron chi connectivity index (χ4n) is 4.14. The van der Waals surface area contributed by atoms with Crippen molar-refractivity contribution in [2.45, 2.75) is 41.0 Å². The van der Waals surface area contributed by atoms with Crippen LogP contribution in [-0.4, -0.2) is 69.7 Å². The number of amides is 1. The zero-order chi connectivity index (χ0) is 23.7. The van der Waals surface area contributed by atoms with E-state index in [2.05, 4.69) is 14.8 Å². The molecule has 1 aliphatic heterocycles.